The summed E-state index contributed by atoms with van der Waals surface area (Å²) in [6, 6.07) is 0. The summed E-state index contributed by atoms with van der Waals surface area (Å²) in [5.74, 6) is 0.742. The number of rotatable bonds is 1. The molecule has 0 aromatic rings. The normalized spacial score (nSPS) is 28.4. The van der Waals surface area contributed by atoms with Crippen molar-refractivity contribution in [1.29, 1.82) is 0 Å². The van der Waals surface area contributed by atoms with E-state index in [9.17, 15) is 0 Å². The quantitative estimate of drug-likeness (QED) is 0.368. The van der Waals surface area contributed by atoms with Crippen LogP contribution in [0.15, 0.2) is 12.2 Å². The van der Waals surface area contributed by atoms with Gasteiger partial charge in [-0.1, -0.05) is 24.9 Å². The predicted octanol–water partition coefficient (Wildman–Crippen LogP) is 2.32. The van der Waals surface area contributed by atoms with Crippen LogP contribution in [-0.2, 0) is 0 Å². The number of hydrogen-bond acceptors (Lipinski definition) is 0. The molecule has 0 nitrogen and oxygen atoms in total. The molecule has 48 valence electrons. The molecular weight excluding hydrogens is 107 g/mol. The first-order valence-electron chi connectivity index (χ1n) is 3.69. The van der Waals surface area contributed by atoms with E-state index in [0.29, 0.717) is 0 Å². The smallest absolute Gasteiger partial charge is 0.0656 e. The van der Waals surface area contributed by atoms with Gasteiger partial charge in [0.15, 0.2) is 0 Å². The molecule has 0 N–H and O–H groups in total. The van der Waals surface area contributed by atoms with Crippen LogP contribution in [0.4, 0.5) is 0 Å². The van der Waals surface area contributed by atoms with Gasteiger partial charge in [-0.15, -0.1) is 0 Å². The average Bonchev–Trinajstić information content (AvgIpc) is 1.88. The summed E-state index contributed by atoms with van der Waals surface area (Å²) in [6.07, 6.45) is 5.88. The van der Waals surface area contributed by atoms with Crippen LogP contribution in [-0.4, -0.2) is 7.85 Å². The molecule has 9 heavy (non-hydrogen) atoms. The van der Waals surface area contributed by atoms with E-state index in [1.807, 2.05) is 0 Å². The fourth-order valence-corrected chi connectivity index (χ4v) is 1.45. The lowest BCUT2D eigenvalue weighted by molar-refractivity contribution is 0.454. The van der Waals surface area contributed by atoms with Crippen LogP contribution in [0.25, 0.3) is 0 Å². The Morgan fingerprint density at radius 1 is 1.67 bits per heavy atom. The van der Waals surface area contributed by atoms with Gasteiger partial charge in [-0.2, -0.15) is 0 Å². The van der Waals surface area contributed by atoms with Crippen molar-refractivity contribution < 1.29 is 0 Å². The van der Waals surface area contributed by atoms with Crippen LogP contribution < -0.4 is 0 Å². The van der Waals surface area contributed by atoms with Gasteiger partial charge in [0.1, 0.15) is 0 Å². The minimum Gasteiger partial charge on any atom is -0.0999 e. The van der Waals surface area contributed by atoms with Crippen LogP contribution in [0.1, 0.15) is 25.7 Å². The minimum absolute atomic E-state index is 0.742. The van der Waals surface area contributed by atoms with E-state index in [2.05, 4.69) is 6.58 Å². The monoisotopic (exact) mass is 120 g/mol. The topological polar surface area (TPSA) is 0 Å². The highest BCUT2D eigenvalue weighted by atomic mass is 14.2. The fraction of sp³-hybridized carbons (Fsp3) is 0.750. The Kier molecular flexibility index (Phi) is 2.38. The molecule has 1 saturated carbocycles. The molecule has 1 fully saturated rings. The van der Waals surface area contributed by atoms with Crippen LogP contribution in [0.5, 0.6) is 0 Å². The standard InChI is InChI=1S/C8H13B/c1-7-3-2-4-8(5-7)6-9/h8H,1-6H2. The zero-order valence-corrected chi connectivity index (χ0v) is 5.90. The summed E-state index contributed by atoms with van der Waals surface area (Å²) >= 11 is 0. The van der Waals surface area contributed by atoms with Gasteiger partial charge in [-0.3, -0.25) is 0 Å². The van der Waals surface area contributed by atoms with Crippen molar-refractivity contribution in [2.45, 2.75) is 32.0 Å². The van der Waals surface area contributed by atoms with Crippen molar-refractivity contribution in [3.63, 3.8) is 0 Å². The Morgan fingerprint density at radius 3 is 2.89 bits per heavy atom. The zero-order chi connectivity index (χ0) is 6.69. The van der Waals surface area contributed by atoms with Crippen molar-refractivity contribution in [2.24, 2.45) is 5.92 Å². The van der Waals surface area contributed by atoms with Crippen LogP contribution in [0.3, 0.4) is 0 Å². The van der Waals surface area contributed by atoms with E-state index in [1.165, 1.54) is 31.3 Å². The van der Waals surface area contributed by atoms with Gasteiger partial charge in [-0.05, 0) is 25.2 Å². The lowest BCUT2D eigenvalue weighted by atomic mass is 9.79. The minimum atomic E-state index is 0.742. The molecule has 0 spiro atoms. The van der Waals surface area contributed by atoms with Gasteiger partial charge in [0.05, 0.1) is 7.85 Å². The van der Waals surface area contributed by atoms with E-state index in [0.717, 1.165) is 12.2 Å². The first-order valence-corrected chi connectivity index (χ1v) is 3.69. The molecule has 1 aliphatic carbocycles. The van der Waals surface area contributed by atoms with Gasteiger partial charge in [0.25, 0.3) is 0 Å². The summed E-state index contributed by atoms with van der Waals surface area (Å²) in [5.41, 5.74) is 1.40. The van der Waals surface area contributed by atoms with E-state index in [1.54, 1.807) is 0 Å². The second kappa shape index (κ2) is 3.10. The lowest BCUT2D eigenvalue weighted by Crippen LogP contribution is -2.06. The molecule has 0 saturated heterocycles. The van der Waals surface area contributed by atoms with Crippen molar-refractivity contribution in [3.05, 3.63) is 12.2 Å². The third-order valence-corrected chi connectivity index (χ3v) is 2.05. The molecule has 0 heterocycles. The second-order valence-corrected chi connectivity index (χ2v) is 2.95. The third-order valence-electron chi connectivity index (χ3n) is 2.05. The maximum atomic E-state index is 5.52. The highest BCUT2D eigenvalue weighted by Gasteiger charge is 2.12. The molecule has 1 heteroatoms. The Morgan fingerprint density at radius 2 is 2.44 bits per heavy atom. The fourth-order valence-electron chi connectivity index (χ4n) is 1.45. The highest BCUT2D eigenvalue weighted by molar-refractivity contribution is 6.08. The SMILES string of the molecule is [B]CC1CCCC(=C)C1. The van der Waals surface area contributed by atoms with E-state index < -0.39 is 0 Å². The summed E-state index contributed by atoms with van der Waals surface area (Å²) in [7, 11) is 5.52. The van der Waals surface area contributed by atoms with E-state index in [-0.39, 0.29) is 0 Å². The molecule has 1 unspecified atom stereocenters. The Hall–Kier alpha value is -0.195. The second-order valence-electron chi connectivity index (χ2n) is 2.95. The first-order chi connectivity index (χ1) is 4.33. The number of hydrogen-bond donors (Lipinski definition) is 0. The van der Waals surface area contributed by atoms with Gasteiger partial charge >= 0.3 is 0 Å². The molecule has 1 rings (SSSR count). The zero-order valence-electron chi connectivity index (χ0n) is 5.90. The summed E-state index contributed by atoms with van der Waals surface area (Å²) in [5, 5.41) is 0. The molecule has 1 aliphatic rings. The maximum Gasteiger partial charge on any atom is 0.0656 e. The van der Waals surface area contributed by atoms with Gasteiger partial charge in [0.2, 0.25) is 0 Å². The van der Waals surface area contributed by atoms with E-state index >= 15 is 0 Å². The molecule has 1 atom stereocenters. The summed E-state index contributed by atoms with van der Waals surface area (Å²) in [4.78, 5) is 0. The average molecular weight is 120 g/mol. The van der Waals surface area contributed by atoms with Crippen molar-refractivity contribution in [1.82, 2.24) is 0 Å². The van der Waals surface area contributed by atoms with Crippen molar-refractivity contribution in [2.75, 3.05) is 0 Å². The molecule has 0 bridgehead atoms. The molecule has 0 aromatic carbocycles. The van der Waals surface area contributed by atoms with Gasteiger partial charge in [0, 0.05) is 0 Å². The Labute approximate surface area is 58.8 Å². The van der Waals surface area contributed by atoms with Gasteiger partial charge in [-0.25, -0.2) is 0 Å². The maximum absolute atomic E-state index is 5.52. The molecule has 0 aromatic heterocycles. The van der Waals surface area contributed by atoms with Gasteiger partial charge < -0.3 is 0 Å². The predicted molar refractivity (Wildman–Crippen MR) is 41.7 cm³/mol. The van der Waals surface area contributed by atoms with Crippen LogP contribution >= 0.6 is 0 Å². The summed E-state index contributed by atoms with van der Waals surface area (Å²) in [6.45, 7) is 3.96. The molecule has 2 radical (unpaired) electrons. The van der Waals surface area contributed by atoms with Crippen molar-refractivity contribution >= 4 is 7.85 Å². The third kappa shape index (κ3) is 1.89. The molecule has 0 aliphatic heterocycles. The van der Waals surface area contributed by atoms with Crippen molar-refractivity contribution in [3.8, 4) is 0 Å². The largest absolute Gasteiger partial charge is 0.0999 e. The van der Waals surface area contributed by atoms with E-state index in [4.69, 9.17) is 7.85 Å². The highest BCUT2D eigenvalue weighted by Crippen LogP contribution is 2.28. The van der Waals surface area contributed by atoms with Crippen LogP contribution in [0, 0.1) is 5.92 Å². The summed E-state index contributed by atoms with van der Waals surface area (Å²) < 4.78 is 0. The lowest BCUT2D eigenvalue weighted by Gasteiger charge is -2.21. The number of allylic oxidation sites excluding steroid dienone is 1. The Balaban J connectivity index is 2.32. The van der Waals surface area contributed by atoms with Crippen LogP contribution in [0.2, 0.25) is 6.32 Å². The first kappa shape index (κ1) is 6.92. The molecular formula is C8H13B. The molecule has 0 amide bonds. The Bertz CT molecular complexity index is 107.